The molecular formula is C16H16Cl2N2O2. The number of amides is 1. The van der Waals surface area contributed by atoms with Crippen molar-refractivity contribution in [2.24, 2.45) is 0 Å². The van der Waals surface area contributed by atoms with E-state index in [1.165, 1.54) is 0 Å². The highest BCUT2D eigenvalue weighted by atomic mass is 35.5. The summed E-state index contributed by atoms with van der Waals surface area (Å²) < 4.78 is 5.23. The number of anilines is 2. The molecule has 2 aromatic rings. The van der Waals surface area contributed by atoms with Crippen LogP contribution >= 0.6 is 23.2 Å². The molecule has 4 nitrogen and oxygen atoms in total. The summed E-state index contributed by atoms with van der Waals surface area (Å²) in [6, 6.07) is 12.5. The normalized spacial score (nSPS) is 10.1. The molecule has 0 fully saturated rings. The standard InChI is InChI=1S/C16H16Cl2N2O2/c1-22-15-5-3-2-4-13(15)19-9-8-16(21)20-14-10-11(17)6-7-12(14)18/h2-7,10,19H,8-9H2,1H3,(H,20,21). The zero-order chi connectivity index (χ0) is 15.9. The smallest absolute Gasteiger partial charge is 0.226 e. The summed E-state index contributed by atoms with van der Waals surface area (Å²) in [5.74, 6) is 0.590. The summed E-state index contributed by atoms with van der Waals surface area (Å²) in [4.78, 5) is 11.9. The van der Waals surface area contributed by atoms with Crippen molar-refractivity contribution in [1.82, 2.24) is 0 Å². The number of para-hydroxylation sites is 2. The number of halogens is 2. The van der Waals surface area contributed by atoms with Gasteiger partial charge in [-0.2, -0.15) is 0 Å². The van der Waals surface area contributed by atoms with Gasteiger partial charge in [0.1, 0.15) is 5.75 Å². The monoisotopic (exact) mass is 338 g/mol. The minimum atomic E-state index is -0.147. The number of carbonyl (C=O) groups excluding carboxylic acids is 1. The Hall–Kier alpha value is -1.91. The van der Waals surface area contributed by atoms with Crippen LogP contribution in [0.2, 0.25) is 10.0 Å². The Kier molecular flexibility index (Phi) is 5.92. The molecule has 0 saturated carbocycles. The fraction of sp³-hybridized carbons (Fsp3) is 0.188. The molecule has 0 heterocycles. The van der Waals surface area contributed by atoms with Crippen LogP contribution in [0, 0.1) is 0 Å². The van der Waals surface area contributed by atoms with Gasteiger partial charge in [-0.15, -0.1) is 0 Å². The number of ether oxygens (including phenoxy) is 1. The van der Waals surface area contributed by atoms with Crippen LogP contribution in [0.3, 0.4) is 0 Å². The van der Waals surface area contributed by atoms with Crippen LogP contribution in [0.4, 0.5) is 11.4 Å². The van der Waals surface area contributed by atoms with E-state index in [4.69, 9.17) is 27.9 Å². The average Bonchev–Trinajstić information content (AvgIpc) is 2.51. The van der Waals surface area contributed by atoms with E-state index in [0.717, 1.165) is 11.4 Å². The maximum atomic E-state index is 11.9. The largest absolute Gasteiger partial charge is 0.495 e. The lowest BCUT2D eigenvalue weighted by Gasteiger charge is -2.11. The number of methoxy groups -OCH3 is 1. The van der Waals surface area contributed by atoms with Gasteiger partial charge in [0.2, 0.25) is 5.91 Å². The minimum absolute atomic E-state index is 0.147. The number of benzene rings is 2. The van der Waals surface area contributed by atoms with Crippen molar-refractivity contribution in [3.63, 3.8) is 0 Å². The molecule has 0 aromatic heterocycles. The number of carbonyl (C=O) groups is 1. The molecule has 1 amide bonds. The zero-order valence-electron chi connectivity index (χ0n) is 12.0. The van der Waals surface area contributed by atoms with E-state index in [2.05, 4.69) is 10.6 Å². The highest BCUT2D eigenvalue weighted by molar-refractivity contribution is 6.35. The maximum Gasteiger partial charge on any atom is 0.226 e. The molecule has 0 saturated heterocycles. The number of nitrogens with one attached hydrogen (secondary N) is 2. The van der Waals surface area contributed by atoms with E-state index < -0.39 is 0 Å². The Bertz CT molecular complexity index is 662. The van der Waals surface area contributed by atoms with Crippen molar-refractivity contribution in [2.45, 2.75) is 6.42 Å². The van der Waals surface area contributed by atoms with Crippen molar-refractivity contribution in [3.05, 3.63) is 52.5 Å². The van der Waals surface area contributed by atoms with Gasteiger partial charge in [0, 0.05) is 18.0 Å². The van der Waals surface area contributed by atoms with Crippen LogP contribution in [0.15, 0.2) is 42.5 Å². The summed E-state index contributed by atoms with van der Waals surface area (Å²) in [6.45, 7) is 0.477. The Balaban J connectivity index is 1.87. The van der Waals surface area contributed by atoms with Gasteiger partial charge in [0.25, 0.3) is 0 Å². The lowest BCUT2D eigenvalue weighted by Crippen LogP contribution is -2.16. The first-order valence-electron chi connectivity index (χ1n) is 6.72. The Morgan fingerprint density at radius 2 is 1.91 bits per heavy atom. The Labute approximate surface area is 139 Å². The molecular weight excluding hydrogens is 323 g/mol. The first-order chi connectivity index (χ1) is 10.6. The first-order valence-corrected chi connectivity index (χ1v) is 7.47. The molecule has 0 unspecified atom stereocenters. The van der Waals surface area contributed by atoms with E-state index in [-0.39, 0.29) is 5.91 Å². The van der Waals surface area contributed by atoms with Crippen LogP contribution in [-0.2, 0) is 4.79 Å². The van der Waals surface area contributed by atoms with E-state index in [9.17, 15) is 4.79 Å². The quantitative estimate of drug-likeness (QED) is 0.818. The second-order valence-corrected chi connectivity index (χ2v) is 5.39. The average molecular weight is 339 g/mol. The molecule has 22 heavy (non-hydrogen) atoms. The summed E-state index contributed by atoms with van der Waals surface area (Å²) >= 11 is 11.9. The summed E-state index contributed by atoms with van der Waals surface area (Å²) in [5.41, 5.74) is 1.36. The van der Waals surface area contributed by atoms with E-state index in [0.29, 0.717) is 28.7 Å². The van der Waals surface area contributed by atoms with Crippen molar-refractivity contribution in [2.75, 3.05) is 24.3 Å². The third-order valence-electron chi connectivity index (χ3n) is 2.98. The Morgan fingerprint density at radius 3 is 2.68 bits per heavy atom. The summed E-state index contributed by atoms with van der Waals surface area (Å²) in [7, 11) is 1.61. The van der Waals surface area contributed by atoms with Crippen molar-refractivity contribution < 1.29 is 9.53 Å². The number of hydrogen-bond donors (Lipinski definition) is 2. The van der Waals surface area contributed by atoms with Crippen molar-refractivity contribution in [3.8, 4) is 5.75 Å². The van der Waals surface area contributed by atoms with Gasteiger partial charge in [-0.3, -0.25) is 4.79 Å². The van der Waals surface area contributed by atoms with Gasteiger partial charge < -0.3 is 15.4 Å². The van der Waals surface area contributed by atoms with Crippen LogP contribution in [0.1, 0.15) is 6.42 Å². The Morgan fingerprint density at radius 1 is 1.14 bits per heavy atom. The lowest BCUT2D eigenvalue weighted by molar-refractivity contribution is -0.115. The first kappa shape index (κ1) is 16.5. The van der Waals surface area contributed by atoms with Crippen molar-refractivity contribution >= 4 is 40.5 Å². The van der Waals surface area contributed by atoms with Crippen LogP contribution in [0.25, 0.3) is 0 Å². The summed E-state index contributed by atoms with van der Waals surface area (Å²) in [5, 5.41) is 6.88. The van der Waals surface area contributed by atoms with Gasteiger partial charge in [-0.25, -0.2) is 0 Å². The van der Waals surface area contributed by atoms with Crippen molar-refractivity contribution in [1.29, 1.82) is 0 Å². The second kappa shape index (κ2) is 7.92. The van der Waals surface area contributed by atoms with Gasteiger partial charge in [0.15, 0.2) is 0 Å². The van der Waals surface area contributed by atoms with E-state index in [1.807, 2.05) is 24.3 Å². The highest BCUT2D eigenvalue weighted by Crippen LogP contribution is 2.26. The van der Waals surface area contributed by atoms with E-state index in [1.54, 1.807) is 25.3 Å². The summed E-state index contributed by atoms with van der Waals surface area (Å²) in [6.07, 6.45) is 0.293. The molecule has 116 valence electrons. The fourth-order valence-corrected chi connectivity index (χ4v) is 2.24. The molecule has 0 aliphatic heterocycles. The highest BCUT2D eigenvalue weighted by Gasteiger charge is 2.07. The third kappa shape index (κ3) is 4.55. The van der Waals surface area contributed by atoms with Gasteiger partial charge in [-0.05, 0) is 30.3 Å². The van der Waals surface area contributed by atoms with E-state index >= 15 is 0 Å². The molecule has 0 spiro atoms. The topological polar surface area (TPSA) is 50.4 Å². The molecule has 6 heteroatoms. The minimum Gasteiger partial charge on any atom is -0.495 e. The molecule has 0 atom stereocenters. The van der Waals surface area contributed by atoms with Crippen LogP contribution in [-0.4, -0.2) is 19.6 Å². The molecule has 2 rings (SSSR count). The third-order valence-corrected chi connectivity index (χ3v) is 3.54. The van der Waals surface area contributed by atoms with Gasteiger partial charge in [-0.1, -0.05) is 35.3 Å². The molecule has 0 radical (unpaired) electrons. The lowest BCUT2D eigenvalue weighted by atomic mass is 10.2. The predicted molar refractivity (Wildman–Crippen MR) is 91.2 cm³/mol. The molecule has 0 aliphatic rings. The molecule has 0 bridgehead atoms. The zero-order valence-corrected chi connectivity index (χ0v) is 13.5. The van der Waals surface area contributed by atoms with Gasteiger partial charge in [0.05, 0.1) is 23.5 Å². The SMILES string of the molecule is COc1ccccc1NCCC(=O)Nc1cc(Cl)ccc1Cl. The number of rotatable bonds is 6. The predicted octanol–water partition coefficient (Wildman–Crippen LogP) is 4.44. The molecule has 0 aliphatic carbocycles. The van der Waals surface area contributed by atoms with Crippen LogP contribution in [0.5, 0.6) is 5.75 Å². The van der Waals surface area contributed by atoms with Crippen LogP contribution < -0.4 is 15.4 Å². The fourth-order valence-electron chi connectivity index (χ4n) is 1.91. The van der Waals surface area contributed by atoms with Gasteiger partial charge >= 0.3 is 0 Å². The maximum absolute atomic E-state index is 11.9. The molecule has 2 N–H and O–H groups in total. The second-order valence-electron chi connectivity index (χ2n) is 4.55. The molecule has 2 aromatic carbocycles. The number of hydrogen-bond acceptors (Lipinski definition) is 3.